The number of nitrogen functional groups attached to an aromatic ring is 1. The molecule has 52 heavy (non-hydrogen) atoms. The van der Waals surface area contributed by atoms with Gasteiger partial charge in [0.15, 0.2) is 0 Å². The molecule has 2 aromatic rings. The van der Waals surface area contributed by atoms with Gasteiger partial charge >= 0.3 is 0 Å². The number of rotatable bonds is 7. The van der Waals surface area contributed by atoms with E-state index in [9.17, 15) is 10.1 Å². The monoisotopic (exact) mass is 725 g/mol. The second-order valence-corrected chi connectivity index (χ2v) is 14.7. The molecule has 7 rings (SSSR count). The summed E-state index contributed by atoms with van der Waals surface area (Å²) in [6.07, 6.45) is 0. The molecule has 0 radical (unpaired) electrons. The van der Waals surface area contributed by atoms with Crippen LogP contribution in [0.25, 0.3) is 0 Å². The van der Waals surface area contributed by atoms with Gasteiger partial charge in [-0.15, -0.1) is 0 Å². The Labute approximate surface area is 311 Å². The molecular weight excluding hydrogens is 660 g/mol. The van der Waals surface area contributed by atoms with Crippen molar-refractivity contribution >= 4 is 22.7 Å². The van der Waals surface area contributed by atoms with Crippen molar-refractivity contribution in [3.8, 4) is 0 Å². The Morgan fingerprint density at radius 3 is 1.44 bits per heavy atom. The summed E-state index contributed by atoms with van der Waals surface area (Å²) in [4.78, 5) is 25.4. The molecule has 5 heterocycles. The first kappa shape index (κ1) is 40.1. The number of nitrogens with one attached hydrogen (secondary N) is 2. The van der Waals surface area contributed by atoms with Crippen LogP contribution in [0.1, 0.15) is 22.3 Å². The van der Waals surface area contributed by atoms with Gasteiger partial charge in [-0.2, -0.15) is 0 Å². The van der Waals surface area contributed by atoms with Crippen molar-refractivity contribution in [2.45, 2.75) is 26.9 Å². The third kappa shape index (κ3) is 12.0. The summed E-state index contributed by atoms with van der Waals surface area (Å²) >= 11 is 0. The molecule has 4 N–H and O–H groups in total. The molecule has 5 aliphatic rings. The maximum absolute atomic E-state index is 11.3. The molecule has 0 saturated carbocycles. The summed E-state index contributed by atoms with van der Waals surface area (Å²) in [5.74, 6) is 0. The smallest absolute Gasteiger partial charge is 0.270 e. The Balaban J connectivity index is 0.000000174. The number of aryl methyl sites for hydroxylation is 2. The maximum atomic E-state index is 11.3. The van der Waals surface area contributed by atoms with E-state index in [0.717, 1.165) is 161 Å². The van der Waals surface area contributed by atoms with E-state index in [-0.39, 0.29) is 10.6 Å². The Morgan fingerprint density at radius 2 is 1.04 bits per heavy atom. The molecule has 5 aliphatic heterocycles. The highest BCUT2D eigenvalue weighted by Gasteiger charge is 2.24. The van der Waals surface area contributed by atoms with Gasteiger partial charge in [-0.3, -0.25) is 19.9 Å². The van der Waals surface area contributed by atoms with Crippen LogP contribution in [0.4, 0.5) is 22.7 Å². The first-order valence-electron chi connectivity index (χ1n) is 19.2. The van der Waals surface area contributed by atoms with Crippen molar-refractivity contribution in [1.29, 1.82) is 0 Å². The number of benzene rings is 2. The zero-order chi connectivity index (χ0) is 36.9. The molecule has 5 fully saturated rings. The molecule has 2 aromatic carbocycles. The zero-order valence-corrected chi connectivity index (χ0v) is 32.2. The molecule has 14 nitrogen and oxygen atoms in total. The molecule has 14 heteroatoms. The highest BCUT2D eigenvalue weighted by molar-refractivity contribution is 5.65. The van der Waals surface area contributed by atoms with Crippen molar-refractivity contribution in [2.24, 2.45) is 0 Å². The molecule has 0 spiro atoms. The topological polar surface area (TPSA) is 131 Å². The Bertz CT molecular complexity index is 1390. The maximum Gasteiger partial charge on any atom is 0.270 e. The number of non-ortho nitro benzene ring substituents is 1. The number of anilines is 3. The number of morpholine rings is 2. The predicted octanol–water partition coefficient (Wildman–Crippen LogP) is 1.83. The third-order valence-electron chi connectivity index (χ3n) is 10.6. The van der Waals surface area contributed by atoms with E-state index in [1.165, 1.54) is 22.5 Å². The summed E-state index contributed by atoms with van der Waals surface area (Å²) in [5.41, 5.74) is 14.5. The van der Waals surface area contributed by atoms with Crippen LogP contribution < -0.4 is 26.2 Å². The van der Waals surface area contributed by atoms with Gasteiger partial charge < -0.3 is 45.4 Å². The lowest BCUT2D eigenvalue weighted by molar-refractivity contribution is -0.385. The normalized spacial score (nSPS) is 21.2. The van der Waals surface area contributed by atoms with Gasteiger partial charge in [0, 0.05) is 147 Å². The zero-order valence-electron chi connectivity index (χ0n) is 32.2. The molecule has 0 amide bonds. The van der Waals surface area contributed by atoms with E-state index < -0.39 is 0 Å². The lowest BCUT2D eigenvalue weighted by atomic mass is 10.0. The molecule has 0 aromatic heterocycles. The van der Waals surface area contributed by atoms with E-state index in [1.807, 2.05) is 6.92 Å². The number of nitro groups is 1. The number of piperazine rings is 3. The quantitative estimate of drug-likeness (QED) is 0.218. The molecule has 0 unspecified atom stereocenters. The largest absolute Gasteiger partial charge is 0.399 e. The first-order valence-corrected chi connectivity index (χ1v) is 19.2. The summed E-state index contributed by atoms with van der Waals surface area (Å²) < 4.78 is 10.9. The van der Waals surface area contributed by atoms with Gasteiger partial charge in [-0.1, -0.05) is 0 Å². The SMILES string of the molecule is C1CNCCN1.Cc1cc(N)cc(CN2CCOCC2)c1N1CCN(C)CC1.Cc1cc([N+](=O)[O-])cc(CN2CCOCC2)c1N1CCN(C)CC1. The lowest BCUT2D eigenvalue weighted by Gasteiger charge is -2.37. The minimum atomic E-state index is -0.288. The Morgan fingerprint density at radius 1 is 0.635 bits per heavy atom. The fourth-order valence-electron chi connectivity index (χ4n) is 7.63. The third-order valence-corrected chi connectivity index (χ3v) is 10.6. The van der Waals surface area contributed by atoms with Gasteiger partial charge in [-0.25, -0.2) is 0 Å². The first-order chi connectivity index (χ1) is 25.2. The minimum Gasteiger partial charge on any atom is -0.399 e. The van der Waals surface area contributed by atoms with Crippen LogP contribution in [-0.4, -0.2) is 170 Å². The van der Waals surface area contributed by atoms with Crippen LogP contribution in [-0.2, 0) is 22.6 Å². The minimum absolute atomic E-state index is 0.189. The average Bonchev–Trinajstić information content (AvgIpc) is 3.15. The van der Waals surface area contributed by atoms with Crippen LogP contribution in [0, 0.1) is 24.0 Å². The second kappa shape index (κ2) is 20.4. The highest BCUT2D eigenvalue weighted by Crippen LogP contribution is 2.33. The predicted molar refractivity (Wildman–Crippen MR) is 211 cm³/mol. The lowest BCUT2D eigenvalue weighted by Crippen LogP contribution is -2.45. The van der Waals surface area contributed by atoms with Gasteiger partial charge in [0.05, 0.1) is 31.4 Å². The summed E-state index contributed by atoms with van der Waals surface area (Å²) in [5, 5.41) is 17.7. The van der Waals surface area contributed by atoms with Gasteiger partial charge in [0.25, 0.3) is 5.69 Å². The molecule has 290 valence electrons. The van der Waals surface area contributed by atoms with Crippen LogP contribution in [0.3, 0.4) is 0 Å². The van der Waals surface area contributed by atoms with Gasteiger partial charge in [-0.05, 0) is 62.3 Å². The number of ether oxygens (including phenoxy) is 2. The van der Waals surface area contributed by atoms with E-state index in [0.29, 0.717) is 0 Å². The number of hydrogen-bond donors (Lipinski definition) is 3. The van der Waals surface area contributed by atoms with Crippen molar-refractivity contribution in [2.75, 3.05) is 161 Å². The molecule has 0 bridgehead atoms. The number of nitro benzene ring substituents is 1. The van der Waals surface area contributed by atoms with Crippen LogP contribution in [0.5, 0.6) is 0 Å². The van der Waals surface area contributed by atoms with Crippen LogP contribution >= 0.6 is 0 Å². The van der Waals surface area contributed by atoms with Crippen LogP contribution in [0.2, 0.25) is 0 Å². The Hall–Kier alpha value is -3.08. The number of nitrogens with zero attached hydrogens (tertiary/aromatic N) is 7. The molecular formula is C38H64N10O4. The fourth-order valence-corrected chi connectivity index (χ4v) is 7.63. The van der Waals surface area contributed by atoms with Crippen molar-refractivity contribution in [1.82, 2.24) is 30.2 Å². The summed E-state index contributed by atoms with van der Waals surface area (Å²) in [7, 11) is 4.33. The standard InChI is InChI=1S/C17H26N4O3.C17H28N4O.C4H10N2/c1-14-11-16(21(22)23)12-15(13-19-7-9-24-10-8-19)17(14)20-5-3-18(2)4-6-20;1-14-11-16(18)12-15(13-20-7-9-22-10-8-20)17(14)21-5-3-19(2)4-6-21;1-2-6-4-3-5-1/h11-12H,3-10,13H2,1-2H3;11-12H,3-10,13,18H2,1-2H3;5-6H,1-4H2. The van der Waals surface area contributed by atoms with E-state index >= 15 is 0 Å². The molecule has 0 aliphatic carbocycles. The number of nitrogens with two attached hydrogens (primary N) is 1. The average molecular weight is 725 g/mol. The van der Waals surface area contributed by atoms with Crippen molar-refractivity contribution < 1.29 is 14.4 Å². The van der Waals surface area contributed by atoms with Crippen molar-refractivity contribution in [3.05, 3.63) is 56.6 Å². The van der Waals surface area contributed by atoms with Crippen LogP contribution in [0.15, 0.2) is 24.3 Å². The summed E-state index contributed by atoms with van der Waals surface area (Å²) in [6, 6.07) is 7.74. The summed E-state index contributed by atoms with van der Waals surface area (Å²) in [6.45, 7) is 25.8. The Kier molecular flexibility index (Phi) is 15.7. The van der Waals surface area contributed by atoms with Crippen molar-refractivity contribution in [3.63, 3.8) is 0 Å². The van der Waals surface area contributed by atoms with E-state index in [2.05, 4.69) is 73.2 Å². The molecule has 5 saturated heterocycles. The van der Waals surface area contributed by atoms with Gasteiger partial charge in [0.2, 0.25) is 0 Å². The van der Waals surface area contributed by atoms with E-state index in [4.69, 9.17) is 15.2 Å². The van der Waals surface area contributed by atoms with Gasteiger partial charge in [0.1, 0.15) is 0 Å². The molecule has 0 atom stereocenters. The highest BCUT2D eigenvalue weighted by atomic mass is 16.6. The number of likely N-dealkylation sites (N-methyl/N-ethyl adjacent to an activating group) is 2. The number of hydrogen-bond acceptors (Lipinski definition) is 13. The fraction of sp³-hybridized carbons (Fsp3) is 0.684. The van der Waals surface area contributed by atoms with E-state index in [1.54, 1.807) is 12.1 Å². The second-order valence-electron chi connectivity index (χ2n) is 14.7.